The Morgan fingerprint density at radius 2 is 1.06 bits per heavy atom. The van der Waals surface area contributed by atoms with E-state index in [1.807, 2.05) is 88.3 Å². The summed E-state index contributed by atoms with van der Waals surface area (Å²) < 4.78 is 51.7. The molecule has 31 nitrogen and oxygen atoms in total. The first-order chi connectivity index (χ1) is 65.0. The Kier molecular flexibility index (Phi) is 37.5. The average molecular weight is 2010 g/mol. The smallest absolute Gasteiger partial charge is 0.252 e. The first kappa shape index (κ1) is 105. The molecule has 0 spiro atoms. The maximum absolute atomic E-state index is 15.6. The number of Topliss-reactive ketones (excluding diaryl/α,β-unsaturated/α-hetero) is 2. The van der Waals surface area contributed by atoms with Gasteiger partial charge >= 0.3 is 0 Å². The Morgan fingerprint density at radius 3 is 1.50 bits per heavy atom. The number of ketones is 2. The minimum atomic E-state index is -0.636. The van der Waals surface area contributed by atoms with Crippen molar-refractivity contribution >= 4 is 80.7 Å². The molecule has 4 aromatic heterocycles. The number of nitrogen functional groups attached to an aromatic ring is 2. The first-order valence-corrected chi connectivity index (χ1v) is 45.0. The predicted molar refractivity (Wildman–Crippen MR) is 506 cm³/mol. The summed E-state index contributed by atoms with van der Waals surface area (Å²) in [5.74, 6) is -0.126. The van der Waals surface area contributed by atoms with E-state index >= 15 is 8.78 Å². The molecule has 4 fully saturated rings. The Labute approximate surface area is 846 Å². The molecule has 0 bridgehead atoms. The third-order valence-electron chi connectivity index (χ3n) is 24.8. The number of benzene rings is 6. The van der Waals surface area contributed by atoms with Crippen LogP contribution in [0.15, 0.2) is 194 Å². The minimum absolute atomic E-state index is 0. The fourth-order valence-electron chi connectivity index (χ4n) is 17.2. The van der Waals surface area contributed by atoms with Gasteiger partial charge in [0.1, 0.15) is 70.3 Å². The van der Waals surface area contributed by atoms with Crippen LogP contribution in [0.1, 0.15) is 136 Å². The largest absolute Gasteiger partial charge is 0.457 e. The molecule has 6 aromatic carbocycles. The van der Waals surface area contributed by atoms with Crippen molar-refractivity contribution in [2.75, 3.05) is 78.0 Å². The molecule has 10 aromatic rings. The number of nitrogens with two attached hydrogens (primary N) is 2. The number of carbonyl (C=O) groups is 8. The quantitative estimate of drug-likeness (QED) is 0.0141. The third kappa shape index (κ3) is 26.4. The van der Waals surface area contributed by atoms with Crippen LogP contribution in [-0.4, -0.2) is 218 Å². The van der Waals surface area contributed by atoms with Gasteiger partial charge in [-0.2, -0.15) is 58.7 Å². The maximum atomic E-state index is 15.6. The number of carbonyl (C=O) groups excluding carboxylic acids is 8. The molecule has 3 unspecified atom stereocenters. The normalized spacial score (nSPS) is 17.1. The molecule has 6 aliphatic rings. The van der Waals surface area contributed by atoms with Crippen LogP contribution < -0.4 is 31.6 Å². The number of hydrogen-bond acceptors (Lipinski definition) is 21. The van der Waals surface area contributed by atoms with Crippen molar-refractivity contribution in [3.8, 4) is 45.5 Å². The molecule has 708 valence electrons. The number of fused-ring (bicyclic) bond motifs is 4. The van der Waals surface area contributed by atoms with E-state index < -0.39 is 17.2 Å². The number of anilines is 2. The summed E-state index contributed by atoms with van der Waals surface area (Å²) >= 11 is 0. The molecule has 6 N–H and O–H groups in total. The van der Waals surface area contributed by atoms with Gasteiger partial charge in [0.2, 0.25) is 11.4 Å². The number of amides is 6. The molecule has 2 aliphatic carbocycles. The zero-order valence-corrected chi connectivity index (χ0v) is 83.3. The third-order valence-corrected chi connectivity index (χ3v) is 24.8. The number of halogens is 2. The summed E-state index contributed by atoms with van der Waals surface area (Å²) in [6.45, 7) is 41.4. The van der Waals surface area contributed by atoms with Gasteiger partial charge in [-0.1, -0.05) is 90.4 Å². The molecule has 2 radical (unpaired) electrons. The van der Waals surface area contributed by atoms with E-state index in [0.717, 1.165) is 73.8 Å². The standard InChI is InChI=1S/C36H41FN9O4.C36H41FN9O3.2C15H14NO2.2Y/c1-24(47)40-15-18-49-19-17-44(5)36(2,3)21-30(39-4)35(48)45-16-9-10-25(45)22-46-34-31(33(38)41-23-42-34)32(43-46)28-14-13-27(20-29(28)37)50-26-11-7-6-8-12-26;1-24(44(4)18-10-6-9-17-40-25(2)47)20-31(39-3)36(48)45-19-11-12-26(45)22-46-35-32(34(38)41-23-42-35)33(43-46)29-16-15-28(21-30(29)37)49-27-13-7-5-8-14-27;2*1-10-6-7-13(14(17)8-10)16-9-11-4-2-3-5-12(11)15(16)18;;/h6-8,11-14,20-21,23,25H,1,9-10,15-19,22H2,2-3,5H3,(H,40,47)(H2,38,41,42);5,7-8,13-16,20-21,23-24,26H,2,6,9-12,17-19,22H2,1,4H3,(H,40,47)(H2,38,41,42);2*2-3,5,13H,1,6-9H2;;/q4*-1;;/b30-21-;31-20-;;;;/t25-;24?,26-;;;;/m00..../s1. The van der Waals surface area contributed by atoms with Crippen molar-refractivity contribution in [3.63, 3.8) is 0 Å². The molecule has 137 heavy (non-hydrogen) atoms. The number of likely N-dealkylation sites (N-methyl/N-ethyl adjacent to an activating group) is 2. The van der Waals surface area contributed by atoms with Crippen LogP contribution >= 0.6 is 0 Å². The number of likely N-dealkylation sites (tertiary alicyclic amines) is 2. The summed E-state index contributed by atoms with van der Waals surface area (Å²) in [5.41, 5.74) is 19.0. The molecule has 4 aliphatic heterocycles. The molecular formula is C102H110F2N20O11Y2-4. The molecule has 2 saturated carbocycles. The van der Waals surface area contributed by atoms with Gasteiger partial charge in [0.25, 0.3) is 11.8 Å². The Bertz CT molecular complexity index is 6140. The van der Waals surface area contributed by atoms with Gasteiger partial charge in [-0.05, 0) is 154 Å². The predicted octanol–water partition coefficient (Wildman–Crippen LogP) is 14.0. The number of allylic oxidation sites excluding steroid dienone is 2. The Morgan fingerprint density at radius 1 is 0.599 bits per heavy atom. The molecule has 5 atom stereocenters. The van der Waals surface area contributed by atoms with E-state index in [1.54, 1.807) is 114 Å². The topological polar surface area (TPSA) is 356 Å². The molecule has 8 heterocycles. The van der Waals surface area contributed by atoms with Crippen LogP contribution in [0.2, 0.25) is 0 Å². The minimum Gasteiger partial charge on any atom is -0.457 e. The van der Waals surface area contributed by atoms with Gasteiger partial charge < -0.3 is 84.2 Å². The second-order valence-electron chi connectivity index (χ2n) is 34.5. The number of hydrogen-bond donors (Lipinski definition) is 4. The molecule has 35 heteroatoms. The van der Waals surface area contributed by atoms with Gasteiger partial charge in [0.05, 0.1) is 86.2 Å². The van der Waals surface area contributed by atoms with Crippen LogP contribution in [0.3, 0.4) is 0 Å². The van der Waals surface area contributed by atoms with Gasteiger partial charge in [-0.3, -0.25) is 33.7 Å². The number of unbranched alkanes of at least 4 members (excludes halogenated alkanes) is 2. The van der Waals surface area contributed by atoms with Crippen LogP contribution in [0.25, 0.3) is 54.3 Å². The number of ether oxygens (including phenoxy) is 3. The van der Waals surface area contributed by atoms with E-state index in [0.29, 0.717) is 159 Å². The Hall–Kier alpha value is -12.6. The zero-order chi connectivity index (χ0) is 96.1. The van der Waals surface area contributed by atoms with Crippen molar-refractivity contribution < 1.29 is 127 Å². The molecular weight excluding hydrogens is 1900 g/mol. The summed E-state index contributed by atoms with van der Waals surface area (Å²) in [4.78, 5) is 133. The van der Waals surface area contributed by atoms with Gasteiger partial charge in [0, 0.05) is 159 Å². The fourth-order valence-corrected chi connectivity index (χ4v) is 17.2. The number of nitrogens with one attached hydrogen (secondary N) is 2. The van der Waals surface area contributed by atoms with Gasteiger partial charge in [-0.15, -0.1) is 11.1 Å². The summed E-state index contributed by atoms with van der Waals surface area (Å²) in [5, 5.41) is 15.6. The molecule has 16 rings (SSSR count). The van der Waals surface area contributed by atoms with Crippen molar-refractivity contribution in [2.45, 2.75) is 166 Å². The van der Waals surface area contributed by atoms with E-state index in [1.165, 1.54) is 24.8 Å². The van der Waals surface area contributed by atoms with Crippen LogP contribution in [0.5, 0.6) is 23.0 Å². The number of aromatic nitrogens is 8. The van der Waals surface area contributed by atoms with Crippen LogP contribution in [0.4, 0.5) is 20.4 Å². The van der Waals surface area contributed by atoms with E-state index in [2.05, 4.69) is 84.3 Å². The van der Waals surface area contributed by atoms with E-state index in [4.69, 9.17) is 49.0 Å². The van der Waals surface area contributed by atoms with E-state index in [-0.39, 0.29) is 196 Å². The summed E-state index contributed by atoms with van der Waals surface area (Å²) in [6, 6.07) is 43.0. The number of para-hydroxylation sites is 2. The Balaban J connectivity index is 0.000000191. The van der Waals surface area contributed by atoms with E-state index in [9.17, 15) is 38.4 Å². The van der Waals surface area contributed by atoms with Crippen LogP contribution in [-0.2, 0) is 125 Å². The second kappa shape index (κ2) is 48.9. The number of rotatable bonds is 30. The van der Waals surface area contributed by atoms with Crippen molar-refractivity contribution in [2.24, 2.45) is 0 Å². The summed E-state index contributed by atoms with van der Waals surface area (Å²) in [6.07, 6.45) is 15.6. The molecule has 6 amide bonds. The summed E-state index contributed by atoms with van der Waals surface area (Å²) in [7, 11) is 3.85. The number of nitrogens with zero attached hydrogens (tertiary/aromatic N) is 16. The van der Waals surface area contributed by atoms with Crippen molar-refractivity contribution in [3.05, 3.63) is 277 Å². The average Bonchev–Trinajstić information content (AvgIpc) is 1.61. The molecule has 2 saturated heterocycles. The SMILES string of the molecule is C=C1CCC(N2Cc3[c-]cccc3C2=O)C(=O)C1.C=C1CCC(N2Cc3[c-]cccc3C2=O)C(=O)C1.[C-]#[N+]/C(=C\C(C)(C)N(C)CCOCCNC([CH2-])=O)C(=O)N1CCC[C@H]1Cn1nc(-c2ccc(Oc3ccccc3)cc2F)c2c(N)ncnc21.[C-]#[N+]/C(=C\C(C)N(C)CCCCCNC([CH2-])=O)C(=O)N1CCC[C@H]1Cn1nc(-c2ccc(Oc3ccccc3)cc2F)c2c(N)ncnc21.[Y].[Y]. The first-order valence-electron chi connectivity index (χ1n) is 45.0. The van der Waals surface area contributed by atoms with Crippen molar-refractivity contribution in [1.82, 2.24) is 79.5 Å². The monoisotopic (exact) mass is 2010 g/mol. The second-order valence-corrected chi connectivity index (χ2v) is 34.5. The van der Waals surface area contributed by atoms with Gasteiger partial charge in [-0.25, -0.2) is 47.8 Å². The maximum Gasteiger partial charge on any atom is 0.252 e. The zero-order valence-electron chi connectivity index (χ0n) is 77.6. The van der Waals surface area contributed by atoms with Gasteiger partial charge in [0.15, 0.2) is 34.7 Å². The van der Waals surface area contributed by atoms with Crippen molar-refractivity contribution in [1.29, 1.82) is 0 Å². The fraction of sp³-hybridized carbons (Fsp3) is 0.353. The van der Waals surface area contributed by atoms with Crippen LogP contribution in [0, 0.1) is 50.8 Å².